The number of amides is 1. The lowest BCUT2D eigenvalue weighted by Gasteiger charge is -2.37. The van der Waals surface area contributed by atoms with Gasteiger partial charge in [0, 0.05) is 19.1 Å². The zero-order valence-electron chi connectivity index (χ0n) is 19.3. The van der Waals surface area contributed by atoms with Gasteiger partial charge in [-0.25, -0.2) is 14.0 Å². The van der Waals surface area contributed by atoms with Gasteiger partial charge in [0.1, 0.15) is 5.60 Å². The fraction of sp³-hybridized carbons (Fsp3) is 0.636. The quantitative estimate of drug-likeness (QED) is 0.514. The van der Waals surface area contributed by atoms with Crippen molar-refractivity contribution in [2.75, 3.05) is 12.4 Å². The van der Waals surface area contributed by atoms with Gasteiger partial charge in [-0.05, 0) is 71.4 Å². The van der Waals surface area contributed by atoms with Gasteiger partial charge < -0.3 is 24.8 Å². The van der Waals surface area contributed by atoms with Gasteiger partial charge in [0.2, 0.25) is 0 Å². The van der Waals surface area contributed by atoms with Crippen LogP contribution >= 0.6 is 0 Å². The van der Waals surface area contributed by atoms with Crippen LogP contribution in [0, 0.1) is 11.7 Å². The first kappa shape index (κ1) is 26.5. The van der Waals surface area contributed by atoms with Crippen molar-refractivity contribution in [2.24, 2.45) is 5.92 Å². The summed E-state index contributed by atoms with van der Waals surface area (Å²) in [5.74, 6) is -4.00. The number of carbonyl (C=O) groups excluding carboxylic acids is 1. The Morgan fingerprint density at radius 1 is 1.15 bits per heavy atom. The fourth-order valence-electron chi connectivity index (χ4n) is 3.88. The normalized spacial score (nSPS) is 20.0. The molecular weight excluding hydrogens is 448 g/mol. The lowest BCUT2D eigenvalue weighted by molar-refractivity contribution is -0.275. The first-order valence-electron chi connectivity index (χ1n) is 10.6. The zero-order valence-corrected chi connectivity index (χ0v) is 19.3. The Balaban J connectivity index is 2.09. The van der Waals surface area contributed by atoms with E-state index >= 15 is 0 Å². The van der Waals surface area contributed by atoms with Crippen LogP contribution < -0.4 is 10.1 Å². The highest BCUT2D eigenvalue weighted by Gasteiger charge is 2.35. The molecule has 2 rings (SSSR count). The predicted octanol–water partition coefficient (Wildman–Crippen LogP) is 5.65. The van der Waals surface area contributed by atoms with Crippen molar-refractivity contribution < 1.29 is 41.7 Å². The summed E-state index contributed by atoms with van der Waals surface area (Å²) in [5, 5.41) is 11.9. The van der Waals surface area contributed by atoms with Crippen molar-refractivity contribution >= 4 is 17.7 Å². The number of carboxylic acid groups (broad SMARTS) is 1. The second-order valence-electron chi connectivity index (χ2n) is 9.28. The topological polar surface area (TPSA) is 88.1 Å². The molecule has 0 spiro atoms. The molecule has 1 aliphatic rings. The Morgan fingerprint density at radius 2 is 1.73 bits per heavy atom. The third-order valence-electron chi connectivity index (χ3n) is 5.57. The van der Waals surface area contributed by atoms with E-state index in [2.05, 4.69) is 10.1 Å². The third-order valence-corrected chi connectivity index (χ3v) is 5.57. The van der Waals surface area contributed by atoms with E-state index in [-0.39, 0.29) is 17.6 Å². The molecule has 186 valence electrons. The molecule has 2 N–H and O–H groups in total. The van der Waals surface area contributed by atoms with Crippen LogP contribution in [0.15, 0.2) is 12.1 Å². The molecule has 0 radical (unpaired) electrons. The number of benzene rings is 1. The largest absolute Gasteiger partial charge is 0.573 e. The SMILES string of the molecule is C[C@H](Nc1cc(C(=O)O)cc(F)c1OC(F)(F)F)C1CCC(N(C)C(=O)OC(C)(C)C)CC1. The molecule has 0 bridgehead atoms. The third kappa shape index (κ3) is 7.68. The van der Waals surface area contributed by atoms with Gasteiger partial charge in [-0.15, -0.1) is 13.2 Å². The minimum atomic E-state index is -5.14. The van der Waals surface area contributed by atoms with Crippen LogP contribution in [-0.4, -0.2) is 53.2 Å². The van der Waals surface area contributed by atoms with Gasteiger partial charge in [-0.2, -0.15) is 0 Å². The van der Waals surface area contributed by atoms with E-state index in [0.29, 0.717) is 31.7 Å². The van der Waals surface area contributed by atoms with Gasteiger partial charge in [0.25, 0.3) is 0 Å². The first-order chi connectivity index (χ1) is 15.1. The second kappa shape index (κ2) is 10.0. The summed E-state index contributed by atoms with van der Waals surface area (Å²) in [6.45, 7) is 7.07. The Kier molecular flexibility index (Phi) is 8.08. The maximum absolute atomic E-state index is 14.2. The molecule has 7 nitrogen and oxygen atoms in total. The minimum Gasteiger partial charge on any atom is -0.478 e. The van der Waals surface area contributed by atoms with Crippen LogP contribution in [0.4, 0.5) is 28.0 Å². The van der Waals surface area contributed by atoms with E-state index in [4.69, 9.17) is 9.84 Å². The maximum atomic E-state index is 14.2. The fourth-order valence-corrected chi connectivity index (χ4v) is 3.88. The highest BCUT2D eigenvalue weighted by Crippen LogP contribution is 2.37. The highest BCUT2D eigenvalue weighted by atomic mass is 19.4. The van der Waals surface area contributed by atoms with Crippen LogP contribution in [0.25, 0.3) is 0 Å². The number of hydrogen-bond donors (Lipinski definition) is 2. The molecular formula is C22H30F4N2O5. The van der Waals surface area contributed by atoms with E-state index in [9.17, 15) is 27.2 Å². The molecule has 0 aromatic heterocycles. The molecule has 1 amide bonds. The Bertz CT molecular complexity index is 862. The van der Waals surface area contributed by atoms with Crippen LogP contribution in [0.2, 0.25) is 0 Å². The monoisotopic (exact) mass is 478 g/mol. The number of anilines is 1. The number of ether oxygens (including phenoxy) is 2. The number of carboxylic acids is 1. The lowest BCUT2D eigenvalue weighted by atomic mass is 9.81. The van der Waals surface area contributed by atoms with Gasteiger partial charge in [-0.1, -0.05) is 0 Å². The predicted molar refractivity (Wildman–Crippen MR) is 113 cm³/mol. The van der Waals surface area contributed by atoms with Crippen LogP contribution in [0.1, 0.15) is 63.7 Å². The number of carbonyl (C=O) groups is 2. The Labute approximate surface area is 190 Å². The standard InChI is InChI=1S/C22H30F4N2O5/c1-12(13-6-8-15(9-7-13)28(5)20(31)33-21(2,3)4)27-17-11-14(19(29)30)10-16(23)18(17)32-22(24,25)26/h10-13,15,27H,6-9H2,1-5H3,(H,29,30)/t12-,13?,15?/m0/s1. The molecule has 0 heterocycles. The van der Waals surface area contributed by atoms with Crippen LogP contribution in [-0.2, 0) is 4.74 Å². The molecule has 1 fully saturated rings. The molecule has 0 saturated heterocycles. The first-order valence-corrected chi connectivity index (χ1v) is 10.6. The van der Waals surface area contributed by atoms with Crippen molar-refractivity contribution in [3.8, 4) is 5.75 Å². The average Bonchev–Trinajstić information content (AvgIpc) is 2.67. The highest BCUT2D eigenvalue weighted by molar-refractivity contribution is 5.89. The maximum Gasteiger partial charge on any atom is 0.573 e. The molecule has 11 heteroatoms. The number of alkyl halides is 3. The van der Waals surface area contributed by atoms with E-state index in [1.165, 1.54) is 0 Å². The molecule has 1 aliphatic carbocycles. The van der Waals surface area contributed by atoms with Crippen molar-refractivity contribution in [1.29, 1.82) is 0 Å². The van der Waals surface area contributed by atoms with E-state index in [0.717, 1.165) is 6.07 Å². The zero-order chi connectivity index (χ0) is 25.1. The summed E-state index contributed by atoms with van der Waals surface area (Å²) >= 11 is 0. The van der Waals surface area contributed by atoms with Crippen molar-refractivity contribution in [1.82, 2.24) is 4.90 Å². The Morgan fingerprint density at radius 3 is 2.21 bits per heavy atom. The van der Waals surface area contributed by atoms with E-state index < -0.39 is 47.2 Å². The number of nitrogens with zero attached hydrogens (tertiary/aromatic N) is 1. The summed E-state index contributed by atoms with van der Waals surface area (Å²) < 4.78 is 61.7. The molecule has 0 unspecified atom stereocenters. The summed E-state index contributed by atoms with van der Waals surface area (Å²) in [7, 11) is 1.67. The van der Waals surface area contributed by atoms with Crippen molar-refractivity contribution in [3.05, 3.63) is 23.5 Å². The minimum absolute atomic E-state index is 0.00330. The van der Waals surface area contributed by atoms with Gasteiger partial charge in [-0.3, -0.25) is 0 Å². The summed E-state index contributed by atoms with van der Waals surface area (Å²) in [4.78, 5) is 25.1. The van der Waals surface area contributed by atoms with Crippen LogP contribution in [0.3, 0.4) is 0 Å². The second-order valence-corrected chi connectivity index (χ2v) is 9.28. The van der Waals surface area contributed by atoms with Gasteiger partial charge in [0.05, 0.1) is 11.3 Å². The van der Waals surface area contributed by atoms with Gasteiger partial charge in [0.15, 0.2) is 11.6 Å². The van der Waals surface area contributed by atoms with Crippen molar-refractivity contribution in [3.63, 3.8) is 0 Å². The van der Waals surface area contributed by atoms with Crippen LogP contribution in [0.5, 0.6) is 5.75 Å². The molecule has 1 aromatic carbocycles. The summed E-state index contributed by atoms with van der Waals surface area (Å²) in [6, 6.07) is 0.957. The van der Waals surface area contributed by atoms with Gasteiger partial charge >= 0.3 is 18.4 Å². The van der Waals surface area contributed by atoms with E-state index in [1.807, 2.05) is 0 Å². The summed E-state index contributed by atoms with van der Waals surface area (Å²) in [5.41, 5.74) is -1.50. The number of aromatic carboxylic acids is 1. The molecule has 1 saturated carbocycles. The van der Waals surface area contributed by atoms with Crippen molar-refractivity contribution in [2.45, 2.75) is 77.4 Å². The average molecular weight is 478 g/mol. The number of hydrogen-bond acceptors (Lipinski definition) is 5. The van der Waals surface area contributed by atoms with E-state index in [1.54, 1.807) is 39.6 Å². The number of nitrogens with one attached hydrogen (secondary N) is 1. The number of rotatable bonds is 6. The molecule has 0 aliphatic heterocycles. The smallest absolute Gasteiger partial charge is 0.478 e. The Hall–Kier alpha value is -2.72. The molecule has 1 atom stereocenters. The molecule has 1 aromatic rings. The summed E-state index contributed by atoms with van der Waals surface area (Å²) in [6.07, 6.45) is -2.95. The lowest BCUT2D eigenvalue weighted by Crippen LogP contribution is -2.43. The molecule has 33 heavy (non-hydrogen) atoms. The number of halogens is 4.